The van der Waals surface area contributed by atoms with Gasteiger partial charge in [0, 0.05) is 5.38 Å². The molecule has 0 aliphatic carbocycles. The summed E-state index contributed by atoms with van der Waals surface area (Å²) in [5.74, 6) is 0.587. The van der Waals surface area contributed by atoms with Crippen LogP contribution < -0.4 is 14.6 Å². The van der Waals surface area contributed by atoms with Crippen molar-refractivity contribution in [1.82, 2.24) is 4.98 Å². The minimum Gasteiger partial charge on any atom is -0.490 e. The molecule has 0 saturated carbocycles. The van der Waals surface area contributed by atoms with E-state index in [0.717, 1.165) is 10.7 Å². The number of carbonyl (C=O) groups is 1. The summed E-state index contributed by atoms with van der Waals surface area (Å²) in [5, 5.41) is 7.96. The maximum absolute atomic E-state index is 12.1. The number of benzene rings is 2. The fourth-order valence-electron chi connectivity index (χ4n) is 2.42. The van der Waals surface area contributed by atoms with Crippen molar-refractivity contribution in [2.24, 2.45) is 5.14 Å². The van der Waals surface area contributed by atoms with E-state index in [0.29, 0.717) is 23.7 Å². The van der Waals surface area contributed by atoms with E-state index in [2.05, 4.69) is 4.98 Å². The first-order chi connectivity index (χ1) is 14.3. The molecule has 3 rings (SSSR count). The zero-order valence-corrected chi connectivity index (χ0v) is 17.7. The van der Waals surface area contributed by atoms with E-state index in [1.807, 2.05) is 12.3 Å². The number of aromatic nitrogens is 1. The predicted octanol–water partition coefficient (Wildman–Crippen LogP) is 2.91. The fraction of sp³-hybridized carbons (Fsp3) is 0.200. The minimum absolute atomic E-state index is 0.00426. The maximum atomic E-state index is 12.1. The van der Waals surface area contributed by atoms with Gasteiger partial charge in [0.1, 0.15) is 31.3 Å². The highest BCUT2D eigenvalue weighted by atomic mass is 32.2. The van der Waals surface area contributed by atoms with E-state index in [1.54, 1.807) is 35.6 Å². The molecule has 3 aromatic rings. The zero-order valence-electron chi connectivity index (χ0n) is 16.1. The van der Waals surface area contributed by atoms with Crippen LogP contribution >= 0.6 is 11.3 Å². The van der Waals surface area contributed by atoms with Gasteiger partial charge in [0.2, 0.25) is 10.0 Å². The molecule has 0 amide bonds. The Morgan fingerprint density at radius 3 is 2.23 bits per heavy atom. The van der Waals surface area contributed by atoms with Crippen molar-refractivity contribution >= 4 is 27.3 Å². The first-order valence-corrected chi connectivity index (χ1v) is 11.3. The molecule has 8 nitrogen and oxygen atoms in total. The Morgan fingerprint density at radius 1 is 1.00 bits per heavy atom. The van der Waals surface area contributed by atoms with Gasteiger partial charge in [0.25, 0.3) is 0 Å². The first-order valence-electron chi connectivity index (χ1n) is 8.88. The van der Waals surface area contributed by atoms with Crippen LogP contribution in [0.25, 0.3) is 0 Å². The maximum Gasteiger partial charge on any atom is 0.338 e. The van der Waals surface area contributed by atoms with E-state index >= 15 is 0 Å². The van der Waals surface area contributed by atoms with Crippen molar-refractivity contribution in [3.05, 3.63) is 70.2 Å². The van der Waals surface area contributed by atoms with E-state index < -0.39 is 16.0 Å². The summed E-state index contributed by atoms with van der Waals surface area (Å²) in [4.78, 5) is 16.4. The van der Waals surface area contributed by atoms with Gasteiger partial charge in [-0.3, -0.25) is 0 Å². The van der Waals surface area contributed by atoms with Crippen molar-refractivity contribution in [2.45, 2.75) is 18.4 Å². The normalized spacial score (nSPS) is 11.1. The molecule has 0 atom stereocenters. The number of thiazole rings is 1. The third-order valence-corrected chi connectivity index (χ3v) is 5.63. The van der Waals surface area contributed by atoms with E-state index in [4.69, 9.17) is 19.3 Å². The lowest BCUT2D eigenvalue weighted by molar-refractivity contribution is 0.0450. The van der Waals surface area contributed by atoms with Gasteiger partial charge in [0.15, 0.2) is 0 Å². The lowest BCUT2D eigenvalue weighted by atomic mass is 10.2. The molecule has 0 spiro atoms. The molecule has 10 heteroatoms. The third kappa shape index (κ3) is 6.28. The van der Waals surface area contributed by atoms with Gasteiger partial charge in [-0.25, -0.2) is 23.3 Å². The van der Waals surface area contributed by atoms with Crippen LogP contribution in [-0.2, 0) is 21.4 Å². The molecule has 2 N–H and O–H groups in total. The number of esters is 1. The van der Waals surface area contributed by atoms with Gasteiger partial charge in [0.05, 0.1) is 21.2 Å². The Bertz CT molecular complexity index is 1090. The molecule has 0 fully saturated rings. The molecule has 0 aliphatic heterocycles. The molecule has 1 heterocycles. The monoisotopic (exact) mass is 448 g/mol. The second-order valence-electron chi connectivity index (χ2n) is 6.17. The summed E-state index contributed by atoms with van der Waals surface area (Å²) in [6, 6.07) is 12.3. The molecule has 2 aromatic carbocycles. The number of carbonyl (C=O) groups excluding carboxylic acids is 1. The Morgan fingerprint density at radius 2 is 1.63 bits per heavy atom. The largest absolute Gasteiger partial charge is 0.490 e. The quantitative estimate of drug-likeness (QED) is 0.395. The summed E-state index contributed by atoms with van der Waals surface area (Å²) >= 11 is 1.56. The minimum atomic E-state index is -3.74. The Labute approximate surface area is 178 Å². The number of nitrogens with two attached hydrogens (primary N) is 1. The fourth-order valence-corrected chi connectivity index (χ4v) is 3.53. The molecule has 30 heavy (non-hydrogen) atoms. The Kier molecular flexibility index (Phi) is 7.03. The highest BCUT2D eigenvalue weighted by Crippen LogP contribution is 2.17. The smallest absolute Gasteiger partial charge is 0.338 e. The molecule has 158 valence electrons. The molecule has 0 radical (unpaired) electrons. The van der Waals surface area contributed by atoms with Gasteiger partial charge in [-0.05, 0) is 55.5 Å². The Balaban J connectivity index is 1.41. The van der Waals surface area contributed by atoms with Crippen LogP contribution in [0.15, 0.2) is 58.8 Å². The number of sulfonamides is 1. The Hall–Kier alpha value is -2.95. The van der Waals surface area contributed by atoms with Crippen LogP contribution in [-0.4, -0.2) is 32.6 Å². The number of rotatable bonds is 9. The number of aryl methyl sites for hydroxylation is 1. The summed E-state index contributed by atoms with van der Waals surface area (Å²) in [5.41, 5.74) is 1.25. The number of nitrogens with zero attached hydrogens (tertiary/aromatic N) is 1. The highest BCUT2D eigenvalue weighted by molar-refractivity contribution is 7.89. The van der Waals surface area contributed by atoms with E-state index in [-0.39, 0.29) is 18.1 Å². The lowest BCUT2D eigenvalue weighted by Crippen LogP contribution is -2.13. The average Bonchev–Trinajstić information content (AvgIpc) is 3.15. The van der Waals surface area contributed by atoms with Crippen LogP contribution in [0.2, 0.25) is 0 Å². The SMILES string of the molecule is Cc1nc(COc2ccc(C(=O)OCCOc3ccc(S(N)(=O)=O)cc3)cc2)cs1. The molecule has 1 aromatic heterocycles. The van der Waals surface area contributed by atoms with Crippen molar-refractivity contribution < 1.29 is 27.4 Å². The summed E-state index contributed by atoms with van der Waals surface area (Å²) in [7, 11) is -3.74. The number of hydrogen-bond donors (Lipinski definition) is 1. The van der Waals surface area contributed by atoms with Crippen molar-refractivity contribution in [3.8, 4) is 11.5 Å². The summed E-state index contributed by atoms with van der Waals surface area (Å²) in [6.45, 7) is 2.46. The van der Waals surface area contributed by atoms with Gasteiger partial charge in [-0.2, -0.15) is 0 Å². The average molecular weight is 449 g/mol. The lowest BCUT2D eigenvalue weighted by Gasteiger charge is -2.09. The number of hydrogen-bond acceptors (Lipinski definition) is 8. The molecule has 0 saturated heterocycles. The summed E-state index contributed by atoms with van der Waals surface area (Å²) in [6.07, 6.45) is 0. The summed E-state index contributed by atoms with van der Waals surface area (Å²) < 4.78 is 38.6. The van der Waals surface area contributed by atoms with Crippen LogP contribution in [0, 0.1) is 6.92 Å². The molecule has 0 unspecified atom stereocenters. The van der Waals surface area contributed by atoms with Gasteiger partial charge in [-0.15, -0.1) is 11.3 Å². The zero-order chi connectivity index (χ0) is 21.6. The highest BCUT2D eigenvalue weighted by Gasteiger charge is 2.09. The number of primary sulfonamides is 1. The standard InChI is InChI=1S/C20H20N2O6S2/c1-14-22-16(13-29-14)12-28-18-4-2-15(3-5-18)20(23)27-11-10-26-17-6-8-19(9-7-17)30(21,24)25/h2-9,13H,10-12H2,1H3,(H2,21,24,25). The predicted molar refractivity (Wildman–Crippen MR) is 111 cm³/mol. The van der Waals surface area contributed by atoms with Crippen LogP contribution in [0.4, 0.5) is 0 Å². The van der Waals surface area contributed by atoms with Gasteiger partial charge < -0.3 is 14.2 Å². The second-order valence-corrected chi connectivity index (χ2v) is 8.80. The van der Waals surface area contributed by atoms with E-state index in [9.17, 15) is 13.2 Å². The molecule has 0 bridgehead atoms. The third-order valence-electron chi connectivity index (χ3n) is 3.88. The van der Waals surface area contributed by atoms with Crippen LogP contribution in [0.5, 0.6) is 11.5 Å². The molecule has 0 aliphatic rings. The van der Waals surface area contributed by atoms with Crippen molar-refractivity contribution in [2.75, 3.05) is 13.2 Å². The van der Waals surface area contributed by atoms with Crippen molar-refractivity contribution in [3.63, 3.8) is 0 Å². The second kappa shape index (κ2) is 9.70. The first kappa shape index (κ1) is 21.8. The van der Waals surface area contributed by atoms with Gasteiger partial charge >= 0.3 is 5.97 Å². The molecular formula is C20H20N2O6S2. The van der Waals surface area contributed by atoms with Crippen LogP contribution in [0.3, 0.4) is 0 Å². The van der Waals surface area contributed by atoms with Gasteiger partial charge in [-0.1, -0.05) is 0 Å². The topological polar surface area (TPSA) is 118 Å². The van der Waals surface area contributed by atoms with E-state index in [1.165, 1.54) is 24.3 Å². The molecular weight excluding hydrogens is 428 g/mol. The van der Waals surface area contributed by atoms with Crippen LogP contribution in [0.1, 0.15) is 21.1 Å². The van der Waals surface area contributed by atoms with Crippen molar-refractivity contribution in [1.29, 1.82) is 0 Å². The number of ether oxygens (including phenoxy) is 3.